The lowest BCUT2D eigenvalue weighted by Crippen LogP contribution is -2.47. The van der Waals surface area contributed by atoms with Crippen molar-refractivity contribution in [3.63, 3.8) is 0 Å². The molecule has 0 aliphatic carbocycles. The predicted molar refractivity (Wildman–Crippen MR) is 101 cm³/mol. The second-order valence-electron chi connectivity index (χ2n) is 6.86. The minimum atomic E-state index is 0.870. The Balaban J connectivity index is 1.46. The van der Waals surface area contributed by atoms with Crippen molar-refractivity contribution in [2.24, 2.45) is 0 Å². The first kappa shape index (κ1) is 16.1. The smallest absolute Gasteiger partial charge is 0.134 e. The highest BCUT2D eigenvalue weighted by atomic mass is 15.3. The summed E-state index contributed by atoms with van der Waals surface area (Å²) in [7, 11) is 0. The van der Waals surface area contributed by atoms with E-state index in [-0.39, 0.29) is 0 Å². The molecule has 2 aliphatic heterocycles. The van der Waals surface area contributed by atoms with Crippen LogP contribution in [0.2, 0.25) is 0 Å². The molecule has 0 amide bonds. The number of hydrogen-bond donors (Lipinski definition) is 0. The van der Waals surface area contributed by atoms with Crippen LogP contribution in [0.15, 0.2) is 30.6 Å². The minimum absolute atomic E-state index is 0.870. The molecule has 2 aromatic heterocycles. The molecule has 6 heteroatoms. The zero-order chi connectivity index (χ0) is 17.1. The van der Waals surface area contributed by atoms with Crippen molar-refractivity contribution in [3.8, 4) is 0 Å². The first-order valence-corrected chi connectivity index (χ1v) is 9.30. The van der Waals surface area contributed by atoms with Crippen LogP contribution in [0.5, 0.6) is 0 Å². The van der Waals surface area contributed by atoms with Gasteiger partial charge in [0.2, 0.25) is 0 Å². The van der Waals surface area contributed by atoms with Crippen molar-refractivity contribution in [1.29, 1.82) is 0 Å². The lowest BCUT2D eigenvalue weighted by Gasteiger charge is -2.37. The van der Waals surface area contributed by atoms with Crippen molar-refractivity contribution >= 4 is 17.3 Å². The van der Waals surface area contributed by atoms with Gasteiger partial charge < -0.3 is 14.7 Å². The van der Waals surface area contributed by atoms with Gasteiger partial charge in [0.1, 0.15) is 17.5 Å². The topological polar surface area (TPSA) is 48.4 Å². The molecule has 0 radical (unpaired) electrons. The van der Waals surface area contributed by atoms with E-state index in [0.29, 0.717) is 0 Å². The van der Waals surface area contributed by atoms with Gasteiger partial charge in [-0.15, -0.1) is 0 Å². The summed E-state index contributed by atoms with van der Waals surface area (Å²) in [6.07, 6.45) is 7.59. The van der Waals surface area contributed by atoms with Crippen LogP contribution in [-0.4, -0.2) is 54.2 Å². The third-order valence-electron chi connectivity index (χ3n) is 5.12. The molecule has 132 valence electrons. The number of pyridine rings is 1. The molecule has 4 heterocycles. The standard InChI is InChI=1S/C19H26N6/c1-16-21-18(24-9-3-2-4-10-24)15-19(22-16)25-13-11-23(12-14-25)17-5-7-20-8-6-17/h5-8,15H,2-4,9-14H2,1H3. The summed E-state index contributed by atoms with van der Waals surface area (Å²) in [5.74, 6) is 3.04. The van der Waals surface area contributed by atoms with Gasteiger partial charge in [-0.05, 0) is 38.3 Å². The van der Waals surface area contributed by atoms with Crippen LogP contribution in [0.25, 0.3) is 0 Å². The summed E-state index contributed by atoms with van der Waals surface area (Å²) >= 11 is 0. The van der Waals surface area contributed by atoms with E-state index < -0.39 is 0 Å². The third kappa shape index (κ3) is 3.67. The largest absolute Gasteiger partial charge is 0.368 e. The Morgan fingerprint density at radius 1 is 0.720 bits per heavy atom. The van der Waals surface area contributed by atoms with E-state index >= 15 is 0 Å². The highest BCUT2D eigenvalue weighted by Gasteiger charge is 2.21. The SMILES string of the molecule is Cc1nc(N2CCCCC2)cc(N2CCN(c3ccncc3)CC2)n1. The van der Waals surface area contributed by atoms with Crippen LogP contribution in [0, 0.1) is 6.92 Å². The van der Waals surface area contributed by atoms with Crippen LogP contribution >= 0.6 is 0 Å². The summed E-state index contributed by atoms with van der Waals surface area (Å²) in [6.45, 7) is 8.22. The maximum absolute atomic E-state index is 4.71. The highest BCUT2D eigenvalue weighted by Crippen LogP contribution is 2.24. The number of rotatable bonds is 3. The van der Waals surface area contributed by atoms with Crippen LogP contribution < -0.4 is 14.7 Å². The van der Waals surface area contributed by atoms with E-state index in [1.54, 1.807) is 0 Å². The van der Waals surface area contributed by atoms with Gasteiger partial charge in [0.15, 0.2) is 0 Å². The van der Waals surface area contributed by atoms with E-state index in [9.17, 15) is 0 Å². The molecule has 0 aromatic carbocycles. The van der Waals surface area contributed by atoms with Crippen molar-refractivity contribution in [2.75, 3.05) is 54.0 Å². The second kappa shape index (κ2) is 7.25. The van der Waals surface area contributed by atoms with Gasteiger partial charge in [0.05, 0.1) is 0 Å². The van der Waals surface area contributed by atoms with Gasteiger partial charge in [0, 0.05) is 63.4 Å². The summed E-state index contributed by atoms with van der Waals surface area (Å²) in [6, 6.07) is 6.35. The Hall–Kier alpha value is -2.37. The second-order valence-corrected chi connectivity index (χ2v) is 6.86. The fraction of sp³-hybridized carbons (Fsp3) is 0.526. The molecule has 0 spiro atoms. The summed E-state index contributed by atoms with van der Waals surface area (Å²) in [4.78, 5) is 20.7. The zero-order valence-corrected chi connectivity index (χ0v) is 14.9. The quantitative estimate of drug-likeness (QED) is 0.857. The fourth-order valence-electron chi connectivity index (χ4n) is 3.73. The molecule has 0 N–H and O–H groups in total. The van der Waals surface area contributed by atoms with E-state index in [1.807, 2.05) is 19.3 Å². The number of aryl methyl sites for hydroxylation is 1. The van der Waals surface area contributed by atoms with E-state index in [4.69, 9.17) is 4.98 Å². The van der Waals surface area contributed by atoms with Gasteiger partial charge >= 0.3 is 0 Å². The molecule has 2 aromatic rings. The molecule has 0 unspecified atom stereocenters. The number of aromatic nitrogens is 3. The fourth-order valence-corrected chi connectivity index (χ4v) is 3.73. The molecule has 25 heavy (non-hydrogen) atoms. The van der Waals surface area contributed by atoms with Gasteiger partial charge in [-0.2, -0.15) is 0 Å². The molecular formula is C19H26N6. The molecule has 0 bridgehead atoms. The molecule has 6 nitrogen and oxygen atoms in total. The van der Waals surface area contributed by atoms with Crippen LogP contribution in [-0.2, 0) is 0 Å². The molecular weight excluding hydrogens is 312 g/mol. The monoisotopic (exact) mass is 338 g/mol. The first-order valence-electron chi connectivity index (χ1n) is 9.30. The summed E-state index contributed by atoms with van der Waals surface area (Å²) < 4.78 is 0. The number of nitrogens with zero attached hydrogens (tertiary/aromatic N) is 6. The number of hydrogen-bond acceptors (Lipinski definition) is 6. The molecule has 0 atom stereocenters. The lowest BCUT2D eigenvalue weighted by atomic mass is 10.1. The molecule has 2 saturated heterocycles. The predicted octanol–water partition coefficient (Wildman–Crippen LogP) is 2.50. The number of anilines is 3. The van der Waals surface area contributed by atoms with Gasteiger partial charge in [-0.25, -0.2) is 9.97 Å². The van der Waals surface area contributed by atoms with E-state index in [0.717, 1.165) is 56.7 Å². The highest BCUT2D eigenvalue weighted by molar-refractivity contribution is 5.53. The zero-order valence-electron chi connectivity index (χ0n) is 14.9. The molecule has 4 rings (SSSR count). The van der Waals surface area contributed by atoms with Gasteiger partial charge in [-0.1, -0.05) is 0 Å². The Bertz CT molecular complexity index is 690. The average Bonchev–Trinajstić information content (AvgIpc) is 2.69. The van der Waals surface area contributed by atoms with Gasteiger partial charge in [0.25, 0.3) is 0 Å². The Morgan fingerprint density at radius 3 is 1.92 bits per heavy atom. The van der Waals surface area contributed by atoms with Crippen molar-refractivity contribution in [2.45, 2.75) is 26.2 Å². The van der Waals surface area contributed by atoms with Crippen LogP contribution in [0.4, 0.5) is 17.3 Å². The summed E-state index contributed by atoms with van der Waals surface area (Å²) in [5.41, 5.74) is 1.25. The van der Waals surface area contributed by atoms with Crippen molar-refractivity contribution < 1.29 is 0 Å². The Kier molecular flexibility index (Phi) is 4.68. The van der Waals surface area contributed by atoms with E-state index in [1.165, 1.54) is 24.9 Å². The maximum Gasteiger partial charge on any atom is 0.134 e. The van der Waals surface area contributed by atoms with E-state index in [2.05, 4.69) is 42.9 Å². The number of piperidine rings is 1. The van der Waals surface area contributed by atoms with Crippen LogP contribution in [0.1, 0.15) is 25.1 Å². The van der Waals surface area contributed by atoms with Crippen LogP contribution in [0.3, 0.4) is 0 Å². The Morgan fingerprint density at radius 2 is 1.28 bits per heavy atom. The van der Waals surface area contributed by atoms with Gasteiger partial charge in [-0.3, -0.25) is 4.98 Å². The maximum atomic E-state index is 4.71. The minimum Gasteiger partial charge on any atom is -0.368 e. The Labute approximate surface area is 149 Å². The summed E-state index contributed by atoms with van der Waals surface area (Å²) in [5, 5.41) is 0. The lowest BCUT2D eigenvalue weighted by molar-refractivity contribution is 0.572. The first-order chi connectivity index (χ1) is 12.3. The molecule has 2 fully saturated rings. The molecule has 0 saturated carbocycles. The average molecular weight is 338 g/mol. The molecule has 2 aliphatic rings. The normalized spacial score (nSPS) is 18.5. The van der Waals surface area contributed by atoms with Crippen molar-refractivity contribution in [3.05, 3.63) is 36.4 Å². The number of piperazine rings is 1. The van der Waals surface area contributed by atoms with Crippen molar-refractivity contribution in [1.82, 2.24) is 15.0 Å². The third-order valence-corrected chi connectivity index (χ3v) is 5.12.